The molecule has 1 saturated heterocycles. The van der Waals surface area contributed by atoms with Crippen molar-refractivity contribution in [2.45, 2.75) is 6.10 Å². The van der Waals surface area contributed by atoms with Crippen molar-refractivity contribution in [2.75, 3.05) is 45.2 Å². The summed E-state index contributed by atoms with van der Waals surface area (Å²) in [6, 6.07) is 5.95. The molecule has 7 nitrogen and oxygen atoms in total. The Kier molecular flexibility index (Phi) is 5.40. The number of H-pyrrole nitrogens is 1. The van der Waals surface area contributed by atoms with E-state index in [1.54, 1.807) is 17.5 Å². The lowest BCUT2D eigenvalue weighted by molar-refractivity contribution is 0.0247. The molecule has 0 radical (unpaired) electrons. The highest BCUT2D eigenvalue weighted by molar-refractivity contribution is 7.18. The fraction of sp³-hybridized carbons (Fsp3) is 0.389. The third-order valence-electron chi connectivity index (χ3n) is 4.42. The number of halogens is 1. The molecular weight excluding hydrogens is 384 g/mol. The van der Waals surface area contributed by atoms with Gasteiger partial charge in [-0.15, -0.1) is 10.2 Å². The number of benzene rings is 1. The maximum absolute atomic E-state index is 6.53. The van der Waals surface area contributed by atoms with E-state index in [0.717, 1.165) is 46.5 Å². The number of nitrogens with zero attached hydrogens (tertiary/aromatic N) is 5. The molecule has 1 N–H and O–H groups in total. The topological polar surface area (TPSA) is 70.2 Å². The molecule has 27 heavy (non-hydrogen) atoms. The summed E-state index contributed by atoms with van der Waals surface area (Å²) in [7, 11) is 4.11. The first-order valence-corrected chi connectivity index (χ1v) is 9.93. The lowest BCUT2D eigenvalue weighted by Gasteiger charge is -2.33. The molecule has 142 valence electrons. The number of aromatic nitrogens is 4. The molecule has 4 rings (SSSR count). The smallest absolute Gasteiger partial charge is 0.208 e. The highest BCUT2D eigenvalue weighted by Gasteiger charge is 2.24. The van der Waals surface area contributed by atoms with E-state index in [0.29, 0.717) is 11.6 Å². The number of nitrogens with one attached hydrogen (secondary N) is 1. The normalized spacial score (nSPS) is 17.6. The number of morpholine rings is 1. The van der Waals surface area contributed by atoms with Crippen LogP contribution in [0.25, 0.3) is 21.7 Å². The summed E-state index contributed by atoms with van der Waals surface area (Å²) in [5, 5.41) is 18.0. The molecule has 0 amide bonds. The van der Waals surface area contributed by atoms with E-state index in [-0.39, 0.29) is 6.10 Å². The minimum atomic E-state index is 0.180. The van der Waals surface area contributed by atoms with Crippen LogP contribution in [-0.4, -0.2) is 71.7 Å². The number of hydrogen-bond donors (Lipinski definition) is 1. The van der Waals surface area contributed by atoms with E-state index < -0.39 is 0 Å². The Labute approximate surface area is 166 Å². The zero-order valence-electron chi connectivity index (χ0n) is 15.2. The van der Waals surface area contributed by atoms with Gasteiger partial charge in [0.2, 0.25) is 5.13 Å². The molecule has 3 heterocycles. The van der Waals surface area contributed by atoms with E-state index in [2.05, 4.69) is 44.3 Å². The van der Waals surface area contributed by atoms with Crippen LogP contribution in [0.1, 0.15) is 0 Å². The lowest BCUT2D eigenvalue weighted by atomic mass is 10.1. The van der Waals surface area contributed by atoms with Gasteiger partial charge in [0, 0.05) is 37.0 Å². The van der Waals surface area contributed by atoms with Gasteiger partial charge >= 0.3 is 0 Å². The number of hydrogen-bond acceptors (Lipinski definition) is 7. The zero-order valence-corrected chi connectivity index (χ0v) is 16.8. The van der Waals surface area contributed by atoms with Gasteiger partial charge in [-0.3, -0.25) is 5.10 Å². The van der Waals surface area contributed by atoms with Crippen molar-refractivity contribution in [3.63, 3.8) is 0 Å². The Bertz CT molecular complexity index is 897. The third-order valence-corrected chi connectivity index (χ3v) is 5.75. The molecule has 0 saturated carbocycles. The summed E-state index contributed by atoms with van der Waals surface area (Å²) in [5.41, 5.74) is 2.91. The predicted octanol–water partition coefficient (Wildman–Crippen LogP) is 3.02. The van der Waals surface area contributed by atoms with E-state index in [1.165, 1.54) is 0 Å². The SMILES string of the molecule is CN(C)CC1CN(c2nnc(-c3ccc(-c4cn[nH]c4)cc3Cl)s2)CCO1. The number of anilines is 1. The second-order valence-electron chi connectivity index (χ2n) is 6.77. The zero-order chi connectivity index (χ0) is 18.8. The molecule has 1 aliphatic heterocycles. The third kappa shape index (κ3) is 4.14. The summed E-state index contributed by atoms with van der Waals surface area (Å²) >= 11 is 8.09. The van der Waals surface area contributed by atoms with Gasteiger partial charge in [-0.05, 0) is 31.8 Å². The van der Waals surface area contributed by atoms with Crippen molar-refractivity contribution in [2.24, 2.45) is 0 Å². The minimum Gasteiger partial charge on any atom is -0.373 e. The predicted molar refractivity (Wildman–Crippen MR) is 108 cm³/mol. The molecule has 1 unspecified atom stereocenters. The van der Waals surface area contributed by atoms with Crippen LogP contribution in [0.4, 0.5) is 5.13 Å². The fourth-order valence-electron chi connectivity index (χ4n) is 3.14. The van der Waals surface area contributed by atoms with E-state index in [4.69, 9.17) is 16.3 Å². The maximum atomic E-state index is 6.53. The molecule has 0 aliphatic carbocycles. The molecule has 3 aromatic rings. The van der Waals surface area contributed by atoms with Crippen molar-refractivity contribution in [3.8, 4) is 21.7 Å². The molecular formula is C18H21ClN6OS. The summed E-state index contributed by atoms with van der Waals surface area (Å²) in [5.74, 6) is 0. The summed E-state index contributed by atoms with van der Waals surface area (Å²) < 4.78 is 5.84. The van der Waals surface area contributed by atoms with Crippen molar-refractivity contribution in [1.82, 2.24) is 25.3 Å². The van der Waals surface area contributed by atoms with Crippen LogP contribution in [0.5, 0.6) is 0 Å². The quantitative estimate of drug-likeness (QED) is 0.704. The molecule has 1 aliphatic rings. The van der Waals surface area contributed by atoms with Crippen molar-refractivity contribution < 1.29 is 4.74 Å². The standard InChI is InChI=1S/C18H21ClN6OS/c1-24(2)10-14-11-25(5-6-26-14)18-23-22-17(27-18)15-4-3-12(7-16(15)19)13-8-20-21-9-13/h3-4,7-9,14H,5-6,10-11H2,1-2H3,(H,20,21). The Morgan fingerprint density at radius 1 is 1.33 bits per heavy atom. The number of aromatic amines is 1. The monoisotopic (exact) mass is 404 g/mol. The second kappa shape index (κ2) is 7.93. The number of ether oxygens (including phenoxy) is 1. The molecule has 1 atom stereocenters. The van der Waals surface area contributed by atoms with Gasteiger partial charge < -0.3 is 14.5 Å². The Hall–Kier alpha value is -2.00. The van der Waals surface area contributed by atoms with Crippen LogP contribution in [0.15, 0.2) is 30.6 Å². The van der Waals surface area contributed by atoms with Crippen LogP contribution in [-0.2, 0) is 4.74 Å². The van der Waals surface area contributed by atoms with Crippen LogP contribution in [0.3, 0.4) is 0 Å². The molecule has 0 bridgehead atoms. The Morgan fingerprint density at radius 2 is 2.22 bits per heavy atom. The van der Waals surface area contributed by atoms with Gasteiger partial charge in [0.15, 0.2) is 5.01 Å². The van der Waals surface area contributed by atoms with Gasteiger partial charge in [0.05, 0.1) is 23.9 Å². The highest BCUT2D eigenvalue weighted by atomic mass is 35.5. The lowest BCUT2D eigenvalue weighted by Crippen LogP contribution is -2.46. The summed E-state index contributed by atoms with van der Waals surface area (Å²) in [6.07, 6.45) is 3.80. The number of rotatable bonds is 5. The first-order valence-electron chi connectivity index (χ1n) is 8.74. The Balaban J connectivity index is 1.52. The minimum absolute atomic E-state index is 0.180. The van der Waals surface area contributed by atoms with Crippen LogP contribution in [0.2, 0.25) is 5.02 Å². The highest BCUT2D eigenvalue weighted by Crippen LogP contribution is 2.36. The molecule has 9 heteroatoms. The van der Waals surface area contributed by atoms with Crippen molar-refractivity contribution in [1.29, 1.82) is 0 Å². The van der Waals surface area contributed by atoms with Gasteiger partial charge in [-0.2, -0.15) is 5.10 Å². The average Bonchev–Trinajstić information content (AvgIpc) is 3.33. The molecule has 0 spiro atoms. The first-order chi connectivity index (χ1) is 13.1. The molecule has 1 fully saturated rings. The van der Waals surface area contributed by atoms with Crippen molar-refractivity contribution in [3.05, 3.63) is 35.6 Å². The van der Waals surface area contributed by atoms with Gasteiger partial charge in [-0.1, -0.05) is 29.0 Å². The summed E-state index contributed by atoms with van der Waals surface area (Å²) in [6.45, 7) is 3.24. The molecule has 1 aromatic carbocycles. The van der Waals surface area contributed by atoms with Crippen molar-refractivity contribution >= 4 is 28.1 Å². The average molecular weight is 405 g/mol. The number of likely N-dealkylation sites (N-methyl/N-ethyl adjacent to an activating group) is 1. The largest absolute Gasteiger partial charge is 0.373 e. The van der Waals surface area contributed by atoms with Crippen LogP contribution >= 0.6 is 22.9 Å². The van der Waals surface area contributed by atoms with Gasteiger partial charge in [0.25, 0.3) is 0 Å². The Morgan fingerprint density at radius 3 is 2.96 bits per heavy atom. The fourth-order valence-corrected chi connectivity index (χ4v) is 4.38. The van der Waals surface area contributed by atoms with E-state index >= 15 is 0 Å². The van der Waals surface area contributed by atoms with Crippen LogP contribution < -0.4 is 4.90 Å². The van der Waals surface area contributed by atoms with E-state index in [1.807, 2.05) is 24.4 Å². The van der Waals surface area contributed by atoms with E-state index in [9.17, 15) is 0 Å². The molecule has 2 aromatic heterocycles. The van der Waals surface area contributed by atoms with Crippen LogP contribution in [0, 0.1) is 0 Å². The maximum Gasteiger partial charge on any atom is 0.208 e. The van der Waals surface area contributed by atoms with Gasteiger partial charge in [0.1, 0.15) is 0 Å². The first kappa shape index (κ1) is 18.4. The second-order valence-corrected chi connectivity index (χ2v) is 8.14. The van der Waals surface area contributed by atoms with Gasteiger partial charge in [-0.25, -0.2) is 0 Å². The summed E-state index contributed by atoms with van der Waals surface area (Å²) in [4.78, 5) is 4.38.